The summed E-state index contributed by atoms with van der Waals surface area (Å²) in [6, 6.07) is 33.6. The van der Waals surface area contributed by atoms with Crippen LogP contribution in [0.1, 0.15) is 211 Å². The molecule has 0 atom stereocenters. The van der Waals surface area contributed by atoms with Crippen molar-refractivity contribution in [1.82, 2.24) is 0 Å². The highest BCUT2D eigenvalue weighted by Gasteiger charge is 2.34. The van der Waals surface area contributed by atoms with Gasteiger partial charge < -0.3 is 27.1 Å². The highest BCUT2D eigenvalue weighted by atomic mass is 31.2. The van der Waals surface area contributed by atoms with Gasteiger partial charge in [-0.2, -0.15) is 0 Å². The minimum absolute atomic E-state index is 0.0595. The molecule has 0 N–H and O–H groups in total. The molecular formula is C62H88O6P2. The lowest BCUT2D eigenvalue weighted by molar-refractivity contribution is 0.353. The summed E-state index contributed by atoms with van der Waals surface area (Å²) in [7, 11) is -4.31. The van der Waals surface area contributed by atoms with Gasteiger partial charge in [0.15, 0.2) is 11.5 Å². The molecule has 0 aromatic heterocycles. The molecule has 0 amide bonds. The minimum atomic E-state index is -2.15. The lowest BCUT2D eigenvalue weighted by atomic mass is 9.80. The fourth-order valence-corrected chi connectivity index (χ4v) is 9.97. The molecule has 0 radical (unpaired) electrons. The van der Waals surface area contributed by atoms with Gasteiger partial charge in [0.05, 0.1) is 0 Å². The van der Waals surface area contributed by atoms with Gasteiger partial charge >= 0.3 is 17.2 Å². The van der Waals surface area contributed by atoms with Gasteiger partial charge in [0.1, 0.15) is 23.0 Å². The van der Waals surface area contributed by atoms with Crippen LogP contribution in [0, 0.1) is 0 Å². The zero-order valence-electron chi connectivity index (χ0n) is 47.6. The summed E-state index contributed by atoms with van der Waals surface area (Å²) < 4.78 is 42.3. The quantitative estimate of drug-likeness (QED) is 0.116. The molecule has 5 aromatic carbocycles. The molecule has 6 nitrogen and oxygen atoms in total. The van der Waals surface area contributed by atoms with Crippen molar-refractivity contribution < 1.29 is 27.1 Å². The van der Waals surface area contributed by atoms with Crippen LogP contribution < -0.4 is 27.1 Å². The molecule has 5 rings (SSSR count). The number of hydrogen-bond acceptors (Lipinski definition) is 6. The number of benzene rings is 5. The second-order valence-corrected chi connectivity index (χ2v) is 29.3. The highest BCUT2D eigenvalue weighted by Crippen LogP contribution is 2.54. The van der Waals surface area contributed by atoms with E-state index in [9.17, 15) is 0 Å². The summed E-state index contributed by atoms with van der Waals surface area (Å²) in [4.78, 5) is 0. The first-order valence-electron chi connectivity index (χ1n) is 25.1. The van der Waals surface area contributed by atoms with Crippen LogP contribution in [0.2, 0.25) is 0 Å². The van der Waals surface area contributed by atoms with Gasteiger partial charge in [-0.25, -0.2) is 0 Å². The SMILES string of the molecule is CC(C)(C)c1ccc(OP(Oc2ccccc2OP(Oc2ccc(C(C)(C)C)cc2C(C)(C)C)Oc2ccc(C(C)(C)C)cc2C(C)(C)C)Oc2ccc(C(C)(C)C)cc2C(C)(C)C)c(C(C)(C)C)c1. The maximum Gasteiger partial charge on any atom is 0.530 e. The molecule has 0 bridgehead atoms. The summed E-state index contributed by atoms with van der Waals surface area (Å²) in [5.41, 5.74) is 7.91. The first kappa shape index (κ1) is 56.7. The Labute approximate surface area is 428 Å². The molecule has 0 saturated heterocycles. The average Bonchev–Trinajstić information content (AvgIpc) is 3.18. The lowest BCUT2D eigenvalue weighted by Crippen LogP contribution is -2.19. The van der Waals surface area contributed by atoms with Crippen LogP contribution in [-0.4, -0.2) is 0 Å². The Morgan fingerprint density at radius 1 is 0.229 bits per heavy atom. The molecule has 0 aliphatic rings. The molecule has 382 valence electrons. The van der Waals surface area contributed by atoms with Gasteiger partial charge in [-0.1, -0.05) is 227 Å². The van der Waals surface area contributed by atoms with E-state index in [1.165, 1.54) is 22.3 Å². The normalized spacial score (nSPS) is 13.4. The van der Waals surface area contributed by atoms with Crippen LogP contribution in [-0.2, 0) is 43.3 Å². The zero-order valence-corrected chi connectivity index (χ0v) is 49.4. The fraction of sp³-hybridized carbons (Fsp3) is 0.516. The van der Waals surface area contributed by atoms with Crippen molar-refractivity contribution in [2.75, 3.05) is 0 Å². The maximum absolute atomic E-state index is 7.06. The Kier molecular flexibility index (Phi) is 16.5. The van der Waals surface area contributed by atoms with E-state index in [0.717, 1.165) is 22.3 Å². The zero-order chi connectivity index (χ0) is 52.8. The molecule has 0 saturated carbocycles. The number of rotatable bonds is 12. The van der Waals surface area contributed by atoms with Crippen molar-refractivity contribution in [2.24, 2.45) is 0 Å². The molecule has 5 aromatic rings. The second-order valence-electron chi connectivity index (χ2n) is 27.3. The van der Waals surface area contributed by atoms with Crippen molar-refractivity contribution >= 4 is 17.2 Å². The predicted molar refractivity (Wildman–Crippen MR) is 299 cm³/mol. The average molecular weight is 991 g/mol. The molecule has 0 fully saturated rings. The van der Waals surface area contributed by atoms with Crippen LogP contribution >= 0.6 is 17.2 Å². The van der Waals surface area contributed by atoms with Gasteiger partial charge in [-0.05, 0) is 102 Å². The third-order valence-electron chi connectivity index (χ3n) is 12.5. The third kappa shape index (κ3) is 14.7. The van der Waals surface area contributed by atoms with Crippen molar-refractivity contribution in [2.45, 2.75) is 209 Å². The lowest BCUT2D eigenvalue weighted by Gasteiger charge is -2.30. The molecule has 8 heteroatoms. The summed E-state index contributed by atoms with van der Waals surface area (Å²) in [6.45, 7) is 53.4. The van der Waals surface area contributed by atoms with Gasteiger partial charge in [-0.15, -0.1) is 0 Å². The minimum Gasteiger partial charge on any atom is -0.408 e. The van der Waals surface area contributed by atoms with Gasteiger partial charge in [0.25, 0.3) is 0 Å². The fourth-order valence-electron chi connectivity index (χ4n) is 7.84. The standard InChI is InChI=1S/C62H88O6P2/c1-55(2,3)41-29-33-49(45(37-41)59(13,14)15)63-69(64-50-34-30-42(56(4,5)6)38-46(50)60(16,17)18)67-53-27-25-26-28-54(53)68-70(65-51-35-31-43(57(7,8)9)39-47(51)61(19,20)21)66-52-36-32-44(58(10,11)12)40-48(52)62(22,23)24/h25-40H,1-24H3. The van der Waals surface area contributed by atoms with Gasteiger partial charge in [-0.3, -0.25) is 0 Å². The van der Waals surface area contributed by atoms with Crippen molar-refractivity contribution in [1.29, 1.82) is 0 Å². The summed E-state index contributed by atoms with van der Waals surface area (Å²) >= 11 is 0. The first-order chi connectivity index (χ1) is 31.7. The maximum atomic E-state index is 7.06. The predicted octanol–water partition coefficient (Wildman–Crippen LogP) is 19.6. The van der Waals surface area contributed by atoms with E-state index in [1.807, 2.05) is 24.3 Å². The van der Waals surface area contributed by atoms with Crippen LogP contribution in [0.5, 0.6) is 34.5 Å². The largest absolute Gasteiger partial charge is 0.530 e. The van der Waals surface area contributed by atoms with E-state index in [2.05, 4.69) is 239 Å². The molecular weight excluding hydrogens is 903 g/mol. The molecule has 70 heavy (non-hydrogen) atoms. The summed E-state index contributed by atoms with van der Waals surface area (Å²) in [5, 5.41) is 0. The number of para-hydroxylation sites is 2. The van der Waals surface area contributed by atoms with E-state index < -0.39 is 17.2 Å². The van der Waals surface area contributed by atoms with Gasteiger partial charge in [0.2, 0.25) is 0 Å². The van der Waals surface area contributed by atoms with E-state index in [4.69, 9.17) is 27.1 Å². The van der Waals surface area contributed by atoms with Crippen molar-refractivity contribution in [3.05, 3.63) is 142 Å². The molecule has 0 unspecified atom stereocenters. The Morgan fingerprint density at radius 2 is 0.414 bits per heavy atom. The topological polar surface area (TPSA) is 55.4 Å². The Morgan fingerprint density at radius 3 is 0.586 bits per heavy atom. The second kappa shape index (κ2) is 20.3. The first-order valence-corrected chi connectivity index (χ1v) is 27.3. The van der Waals surface area contributed by atoms with Crippen molar-refractivity contribution in [3.8, 4) is 34.5 Å². The summed E-state index contributed by atoms with van der Waals surface area (Å²) in [5.74, 6) is 3.65. The van der Waals surface area contributed by atoms with Crippen LogP contribution in [0.25, 0.3) is 0 Å². The Bertz CT molecular complexity index is 2250. The van der Waals surface area contributed by atoms with Crippen LogP contribution in [0.4, 0.5) is 0 Å². The monoisotopic (exact) mass is 991 g/mol. The molecule has 0 spiro atoms. The van der Waals surface area contributed by atoms with Crippen LogP contribution in [0.15, 0.2) is 97.1 Å². The molecule has 0 aliphatic heterocycles. The van der Waals surface area contributed by atoms with E-state index in [-0.39, 0.29) is 43.3 Å². The van der Waals surface area contributed by atoms with E-state index in [1.54, 1.807) is 0 Å². The smallest absolute Gasteiger partial charge is 0.408 e. The van der Waals surface area contributed by atoms with Crippen LogP contribution in [0.3, 0.4) is 0 Å². The van der Waals surface area contributed by atoms with E-state index >= 15 is 0 Å². The third-order valence-corrected chi connectivity index (χ3v) is 14.6. The van der Waals surface area contributed by atoms with Gasteiger partial charge in [0, 0.05) is 22.3 Å². The molecule has 0 heterocycles. The van der Waals surface area contributed by atoms with E-state index in [0.29, 0.717) is 34.5 Å². The Hall–Kier alpha value is -4.24. The van der Waals surface area contributed by atoms with Crippen molar-refractivity contribution in [3.63, 3.8) is 0 Å². The highest BCUT2D eigenvalue weighted by molar-refractivity contribution is 7.43. The number of hydrogen-bond donors (Lipinski definition) is 0. The molecule has 0 aliphatic carbocycles. The Balaban J connectivity index is 1.69. The summed E-state index contributed by atoms with van der Waals surface area (Å²) in [6.07, 6.45) is 0.